The highest BCUT2D eigenvalue weighted by Gasteiger charge is 2.15. The first-order chi connectivity index (χ1) is 6.56. The van der Waals surface area contributed by atoms with Gasteiger partial charge in [-0.05, 0) is 12.1 Å². The molecule has 0 radical (unpaired) electrons. The molecule has 72 valence electrons. The number of carbonyl (C=O) groups excluding carboxylic acids is 1. The van der Waals surface area contributed by atoms with E-state index in [1.807, 2.05) is 0 Å². The zero-order valence-electron chi connectivity index (χ0n) is 6.84. The second kappa shape index (κ2) is 3.65. The Bertz CT molecular complexity index is 412. The lowest BCUT2D eigenvalue weighted by atomic mass is 10.1. The normalized spacial score (nSPS) is 9.43. The van der Waals surface area contributed by atoms with Gasteiger partial charge in [-0.2, -0.15) is 0 Å². The average molecular weight is 195 g/mol. The summed E-state index contributed by atoms with van der Waals surface area (Å²) in [4.78, 5) is 30.5. The predicted molar refractivity (Wildman–Crippen MR) is 45.4 cm³/mol. The Morgan fingerprint density at radius 2 is 2.14 bits per heavy atom. The van der Waals surface area contributed by atoms with Crippen LogP contribution in [0.4, 0.5) is 5.69 Å². The zero-order valence-corrected chi connectivity index (χ0v) is 6.84. The molecule has 6 heteroatoms. The third-order valence-electron chi connectivity index (χ3n) is 1.60. The minimum absolute atomic E-state index is 0.155. The Labute approximate surface area is 77.9 Å². The second-order valence-corrected chi connectivity index (χ2v) is 2.45. The molecule has 0 heterocycles. The summed E-state index contributed by atoms with van der Waals surface area (Å²) in [6.07, 6.45) is 0.255. The number of hydrogen-bond acceptors (Lipinski definition) is 4. The summed E-state index contributed by atoms with van der Waals surface area (Å²) in [6.45, 7) is 0. The average Bonchev–Trinajstić information content (AvgIpc) is 2.16. The standard InChI is InChI=1S/C8H5NO5/c10-4-6-3-5(8(11)12)1-2-7(6)9(13)14/h1-4H,(H,11,12). The minimum atomic E-state index is -1.23. The van der Waals surface area contributed by atoms with Gasteiger partial charge in [-0.3, -0.25) is 14.9 Å². The molecule has 0 aliphatic rings. The second-order valence-electron chi connectivity index (χ2n) is 2.45. The molecule has 0 bridgehead atoms. The number of aromatic carboxylic acids is 1. The highest BCUT2D eigenvalue weighted by atomic mass is 16.6. The number of nitrogens with zero attached hydrogens (tertiary/aromatic N) is 1. The molecule has 0 aromatic heterocycles. The Hall–Kier alpha value is -2.24. The van der Waals surface area contributed by atoms with E-state index >= 15 is 0 Å². The Morgan fingerprint density at radius 1 is 1.50 bits per heavy atom. The molecule has 14 heavy (non-hydrogen) atoms. The van der Waals surface area contributed by atoms with E-state index in [4.69, 9.17) is 5.11 Å². The van der Waals surface area contributed by atoms with Crippen molar-refractivity contribution in [3.63, 3.8) is 0 Å². The molecule has 1 aromatic rings. The lowest BCUT2D eigenvalue weighted by Crippen LogP contribution is -2.00. The SMILES string of the molecule is O=Cc1cc(C(=O)O)ccc1[N+](=O)[O-]. The van der Waals surface area contributed by atoms with Crippen LogP contribution in [0.15, 0.2) is 18.2 Å². The van der Waals surface area contributed by atoms with Gasteiger partial charge in [0.15, 0.2) is 6.29 Å². The van der Waals surface area contributed by atoms with Crippen molar-refractivity contribution in [1.29, 1.82) is 0 Å². The molecule has 0 fully saturated rings. The van der Waals surface area contributed by atoms with Gasteiger partial charge in [0, 0.05) is 6.07 Å². The van der Waals surface area contributed by atoms with Crippen molar-refractivity contribution >= 4 is 17.9 Å². The smallest absolute Gasteiger partial charge is 0.335 e. The van der Waals surface area contributed by atoms with Crippen molar-refractivity contribution in [3.05, 3.63) is 39.4 Å². The largest absolute Gasteiger partial charge is 0.478 e. The molecule has 1 aromatic carbocycles. The van der Waals surface area contributed by atoms with E-state index in [9.17, 15) is 19.7 Å². The summed E-state index contributed by atoms with van der Waals surface area (Å²) >= 11 is 0. The van der Waals surface area contributed by atoms with E-state index in [0.29, 0.717) is 0 Å². The van der Waals surface area contributed by atoms with Gasteiger partial charge in [-0.25, -0.2) is 4.79 Å². The monoisotopic (exact) mass is 195 g/mol. The van der Waals surface area contributed by atoms with Gasteiger partial charge >= 0.3 is 5.97 Å². The maximum absolute atomic E-state index is 10.5. The highest BCUT2D eigenvalue weighted by molar-refractivity contribution is 5.92. The predicted octanol–water partition coefficient (Wildman–Crippen LogP) is 1.11. The van der Waals surface area contributed by atoms with Crippen molar-refractivity contribution in [2.45, 2.75) is 0 Å². The first kappa shape index (κ1) is 9.85. The van der Waals surface area contributed by atoms with Gasteiger partial charge in [0.2, 0.25) is 0 Å². The van der Waals surface area contributed by atoms with Crippen LogP contribution < -0.4 is 0 Å². The van der Waals surface area contributed by atoms with E-state index in [-0.39, 0.29) is 17.4 Å². The fourth-order valence-electron chi connectivity index (χ4n) is 0.948. The lowest BCUT2D eigenvalue weighted by Gasteiger charge is -1.97. The van der Waals surface area contributed by atoms with E-state index in [0.717, 1.165) is 18.2 Å². The van der Waals surface area contributed by atoms with Gasteiger partial charge in [0.05, 0.1) is 16.1 Å². The van der Waals surface area contributed by atoms with Crippen LogP contribution in [0.25, 0.3) is 0 Å². The first-order valence-corrected chi connectivity index (χ1v) is 3.53. The van der Waals surface area contributed by atoms with Crippen LogP contribution in [0.2, 0.25) is 0 Å². The molecule has 0 unspecified atom stereocenters. The number of carbonyl (C=O) groups is 2. The summed E-state index contributed by atoms with van der Waals surface area (Å²) in [6, 6.07) is 3.04. The van der Waals surface area contributed by atoms with Crippen LogP contribution in [0.1, 0.15) is 20.7 Å². The van der Waals surface area contributed by atoms with Gasteiger partial charge < -0.3 is 5.11 Å². The third kappa shape index (κ3) is 1.74. The van der Waals surface area contributed by atoms with E-state index in [1.165, 1.54) is 0 Å². The molecule has 0 amide bonds. The molecule has 0 aliphatic heterocycles. The first-order valence-electron chi connectivity index (χ1n) is 3.53. The van der Waals surface area contributed by atoms with E-state index in [2.05, 4.69) is 0 Å². The molecule has 0 saturated carbocycles. The van der Waals surface area contributed by atoms with Crippen molar-refractivity contribution in [2.24, 2.45) is 0 Å². The number of nitro groups is 1. The van der Waals surface area contributed by atoms with Crippen molar-refractivity contribution in [3.8, 4) is 0 Å². The van der Waals surface area contributed by atoms with E-state index < -0.39 is 16.6 Å². The van der Waals surface area contributed by atoms with Crippen molar-refractivity contribution in [2.75, 3.05) is 0 Å². The number of rotatable bonds is 3. The Balaban J connectivity index is 3.32. The van der Waals surface area contributed by atoms with Gasteiger partial charge in [-0.1, -0.05) is 0 Å². The fraction of sp³-hybridized carbons (Fsp3) is 0. The topological polar surface area (TPSA) is 97.5 Å². The number of benzene rings is 1. The molecule has 0 saturated heterocycles. The van der Waals surface area contributed by atoms with Crippen LogP contribution in [-0.2, 0) is 0 Å². The van der Waals surface area contributed by atoms with Gasteiger partial charge in [0.1, 0.15) is 0 Å². The summed E-state index contributed by atoms with van der Waals surface area (Å²) in [5.74, 6) is -1.23. The van der Waals surface area contributed by atoms with Crippen molar-refractivity contribution in [1.82, 2.24) is 0 Å². The molecule has 0 aliphatic carbocycles. The maximum Gasteiger partial charge on any atom is 0.335 e. The molecule has 0 spiro atoms. The molecule has 1 rings (SSSR count). The zero-order chi connectivity index (χ0) is 10.7. The van der Waals surface area contributed by atoms with Crippen LogP contribution in [0.5, 0.6) is 0 Å². The molecular formula is C8H5NO5. The Morgan fingerprint density at radius 3 is 2.57 bits per heavy atom. The number of carboxylic acid groups (broad SMARTS) is 1. The molecule has 0 atom stereocenters. The maximum atomic E-state index is 10.5. The Kier molecular flexibility index (Phi) is 2.57. The van der Waals surface area contributed by atoms with Gasteiger partial charge in [-0.15, -0.1) is 0 Å². The van der Waals surface area contributed by atoms with Crippen molar-refractivity contribution < 1.29 is 19.6 Å². The number of aldehydes is 1. The molecule has 6 nitrogen and oxygen atoms in total. The minimum Gasteiger partial charge on any atom is -0.478 e. The van der Waals surface area contributed by atoms with Crippen LogP contribution in [-0.4, -0.2) is 22.3 Å². The van der Waals surface area contributed by atoms with Crippen LogP contribution >= 0.6 is 0 Å². The summed E-state index contributed by atoms with van der Waals surface area (Å²) in [5.41, 5.74) is -0.794. The van der Waals surface area contributed by atoms with Gasteiger partial charge in [0.25, 0.3) is 5.69 Å². The fourth-order valence-corrected chi connectivity index (χ4v) is 0.948. The van der Waals surface area contributed by atoms with Crippen LogP contribution in [0, 0.1) is 10.1 Å². The van der Waals surface area contributed by atoms with Crippen LogP contribution in [0.3, 0.4) is 0 Å². The number of carboxylic acids is 1. The molecule has 1 N–H and O–H groups in total. The number of hydrogen-bond donors (Lipinski definition) is 1. The summed E-state index contributed by atoms with van der Waals surface area (Å²) in [7, 11) is 0. The quantitative estimate of drug-likeness (QED) is 0.442. The van der Waals surface area contributed by atoms with E-state index in [1.54, 1.807) is 0 Å². The third-order valence-corrected chi connectivity index (χ3v) is 1.60. The summed E-state index contributed by atoms with van der Waals surface area (Å²) < 4.78 is 0. The highest BCUT2D eigenvalue weighted by Crippen LogP contribution is 2.17. The summed E-state index contributed by atoms with van der Waals surface area (Å²) in [5, 5.41) is 18.9. The lowest BCUT2D eigenvalue weighted by molar-refractivity contribution is -0.385. The molecular weight excluding hydrogens is 190 g/mol. The number of nitro benzene ring substituents is 1.